The molecule has 3 aromatic carbocycles. The minimum atomic E-state index is -0.371. The van der Waals surface area contributed by atoms with E-state index in [2.05, 4.69) is 72.8 Å². The Balaban J connectivity index is 0.00000120. The van der Waals surface area contributed by atoms with Gasteiger partial charge in [-0.25, -0.2) is 0 Å². The zero-order chi connectivity index (χ0) is 18.4. The van der Waals surface area contributed by atoms with Gasteiger partial charge in [-0.05, 0) is 63.7 Å². The predicted molar refractivity (Wildman–Crippen MR) is 124 cm³/mol. The second-order valence-corrected chi connectivity index (χ2v) is 7.14. The first-order valence-corrected chi connectivity index (χ1v) is 9.12. The summed E-state index contributed by atoms with van der Waals surface area (Å²) in [6.07, 6.45) is 8.98. The van der Waals surface area contributed by atoms with Crippen LogP contribution in [-0.4, -0.2) is 0 Å². The van der Waals surface area contributed by atoms with Crippen molar-refractivity contribution in [3.8, 4) is 0 Å². The molecule has 0 fully saturated rings. The first kappa shape index (κ1) is 20.1. The fourth-order valence-electron chi connectivity index (χ4n) is 4.29. The molecule has 4 nitrogen and oxygen atoms in total. The van der Waals surface area contributed by atoms with Gasteiger partial charge in [-0.3, -0.25) is 0 Å². The van der Waals surface area contributed by atoms with Gasteiger partial charge in [0.25, 0.3) is 0 Å². The van der Waals surface area contributed by atoms with Crippen LogP contribution in [0.25, 0.3) is 11.6 Å². The van der Waals surface area contributed by atoms with E-state index in [1.165, 1.54) is 33.4 Å². The van der Waals surface area contributed by atoms with Gasteiger partial charge in [0.05, 0.1) is 5.41 Å². The number of anilines is 2. The van der Waals surface area contributed by atoms with Gasteiger partial charge >= 0.3 is 0 Å². The van der Waals surface area contributed by atoms with E-state index in [1.807, 2.05) is 24.3 Å². The summed E-state index contributed by atoms with van der Waals surface area (Å²) < 4.78 is 0. The Morgan fingerprint density at radius 3 is 1.79 bits per heavy atom. The zero-order valence-electron chi connectivity index (χ0n) is 16.3. The third kappa shape index (κ3) is 2.95. The van der Waals surface area contributed by atoms with Gasteiger partial charge < -0.3 is 23.8 Å². The summed E-state index contributed by atoms with van der Waals surface area (Å²) >= 11 is 0. The van der Waals surface area contributed by atoms with Crippen LogP contribution in [0, 0.1) is 0 Å². The lowest BCUT2D eigenvalue weighted by atomic mass is 9.65. The molecule has 3 aromatic rings. The maximum absolute atomic E-state index is 5.97. The molecule has 0 radical (unpaired) electrons. The van der Waals surface area contributed by atoms with Crippen LogP contribution in [-0.2, 0) is 5.41 Å². The van der Waals surface area contributed by atoms with E-state index in [0.29, 0.717) is 0 Å². The molecule has 5 rings (SSSR count). The SMILES string of the molecule is N.N.Nc1ccc(C2(c3ccc(N)cc3)C=CC=C3C2=Cc2ccccc23)cc1. The van der Waals surface area contributed by atoms with Gasteiger partial charge in [-0.1, -0.05) is 66.8 Å². The molecule has 2 aliphatic rings. The number of nitrogens with two attached hydrogens (primary N) is 2. The monoisotopic (exact) mass is 382 g/mol. The van der Waals surface area contributed by atoms with Crippen molar-refractivity contribution in [3.63, 3.8) is 0 Å². The fourth-order valence-corrected chi connectivity index (χ4v) is 4.29. The lowest BCUT2D eigenvalue weighted by molar-refractivity contribution is 0.785. The highest BCUT2D eigenvalue weighted by Gasteiger charge is 2.41. The average Bonchev–Trinajstić information content (AvgIpc) is 3.08. The molecule has 0 aliphatic heterocycles. The molecule has 0 aromatic heterocycles. The molecular formula is C25H26N4. The normalized spacial score (nSPS) is 15.2. The number of allylic oxidation sites excluding steroid dienone is 5. The van der Waals surface area contributed by atoms with Gasteiger partial charge in [0.15, 0.2) is 0 Å². The second-order valence-electron chi connectivity index (χ2n) is 7.14. The minimum absolute atomic E-state index is 0. The molecule has 146 valence electrons. The summed E-state index contributed by atoms with van der Waals surface area (Å²) in [5.41, 5.74) is 20.6. The van der Waals surface area contributed by atoms with Crippen LogP contribution in [0.5, 0.6) is 0 Å². The smallest absolute Gasteiger partial charge is 0.0641 e. The third-order valence-corrected chi connectivity index (χ3v) is 5.61. The van der Waals surface area contributed by atoms with E-state index < -0.39 is 0 Å². The molecule has 0 saturated heterocycles. The highest BCUT2D eigenvalue weighted by Crippen LogP contribution is 2.52. The first-order valence-electron chi connectivity index (χ1n) is 9.12. The van der Waals surface area contributed by atoms with E-state index in [0.717, 1.165) is 11.4 Å². The number of rotatable bonds is 2. The molecule has 29 heavy (non-hydrogen) atoms. The Labute approximate surface area is 171 Å². The summed E-state index contributed by atoms with van der Waals surface area (Å²) in [5.74, 6) is 0. The van der Waals surface area contributed by atoms with Crippen LogP contribution in [0.3, 0.4) is 0 Å². The summed E-state index contributed by atoms with van der Waals surface area (Å²) in [4.78, 5) is 0. The third-order valence-electron chi connectivity index (χ3n) is 5.61. The molecular weight excluding hydrogens is 356 g/mol. The molecule has 0 heterocycles. The largest absolute Gasteiger partial charge is 0.399 e. The lowest BCUT2D eigenvalue weighted by Crippen LogP contribution is -2.29. The van der Waals surface area contributed by atoms with Crippen molar-refractivity contribution in [2.24, 2.45) is 0 Å². The van der Waals surface area contributed by atoms with Crippen molar-refractivity contribution in [2.45, 2.75) is 5.41 Å². The van der Waals surface area contributed by atoms with Gasteiger partial charge in [-0.2, -0.15) is 0 Å². The first-order chi connectivity index (χ1) is 13.2. The second kappa shape index (κ2) is 7.43. The van der Waals surface area contributed by atoms with Crippen molar-refractivity contribution in [3.05, 3.63) is 119 Å². The van der Waals surface area contributed by atoms with Gasteiger partial charge in [0, 0.05) is 11.4 Å². The van der Waals surface area contributed by atoms with Crippen molar-refractivity contribution in [1.29, 1.82) is 0 Å². The highest BCUT2D eigenvalue weighted by molar-refractivity contribution is 6.00. The van der Waals surface area contributed by atoms with Crippen molar-refractivity contribution < 1.29 is 0 Å². The van der Waals surface area contributed by atoms with E-state index in [9.17, 15) is 0 Å². The van der Waals surface area contributed by atoms with Crippen LogP contribution in [0.15, 0.2) is 96.6 Å². The van der Waals surface area contributed by atoms with Crippen LogP contribution in [0.1, 0.15) is 22.3 Å². The summed E-state index contributed by atoms with van der Waals surface area (Å²) in [5, 5.41) is 0. The van der Waals surface area contributed by atoms with Crippen molar-refractivity contribution >= 4 is 23.0 Å². The molecule has 2 aliphatic carbocycles. The minimum Gasteiger partial charge on any atom is -0.399 e. The van der Waals surface area contributed by atoms with Gasteiger partial charge in [0.1, 0.15) is 0 Å². The quantitative estimate of drug-likeness (QED) is 0.436. The molecule has 0 saturated carbocycles. The zero-order valence-corrected chi connectivity index (χ0v) is 16.3. The van der Waals surface area contributed by atoms with Crippen molar-refractivity contribution in [2.75, 3.05) is 11.5 Å². The van der Waals surface area contributed by atoms with Crippen LogP contribution < -0.4 is 23.8 Å². The fraction of sp³-hybridized carbons (Fsp3) is 0.0400. The Morgan fingerprint density at radius 2 is 1.21 bits per heavy atom. The summed E-state index contributed by atoms with van der Waals surface area (Å²) in [7, 11) is 0. The molecule has 0 bridgehead atoms. The van der Waals surface area contributed by atoms with Gasteiger partial charge in [-0.15, -0.1) is 0 Å². The molecule has 10 N–H and O–H groups in total. The summed E-state index contributed by atoms with van der Waals surface area (Å²) in [6, 6.07) is 25.0. The van der Waals surface area contributed by atoms with E-state index >= 15 is 0 Å². The number of hydrogen-bond donors (Lipinski definition) is 4. The van der Waals surface area contributed by atoms with Crippen LogP contribution in [0.4, 0.5) is 11.4 Å². The van der Waals surface area contributed by atoms with Crippen LogP contribution in [0.2, 0.25) is 0 Å². The Hall–Kier alpha value is -3.60. The highest BCUT2D eigenvalue weighted by atomic mass is 14.5. The van der Waals surface area contributed by atoms with E-state index in [-0.39, 0.29) is 17.7 Å². The molecule has 4 heteroatoms. The van der Waals surface area contributed by atoms with Crippen molar-refractivity contribution in [1.82, 2.24) is 12.3 Å². The molecule has 0 unspecified atom stereocenters. The van der Waals surface area contributed by atoms with E-state index in [4.69, 9.17) is 11.5 Å². The maximum Gasteiger partial charge on any atom is 0.0641 e. The molecule has 0 amide bonds. The topological polar surface area (TPSA) is 122 Å². The summed E-state index contributed by atoms with van der Waals surface area (Å²) in [6.45, 7) is 0. The predicted octanol–water partition coefficient (Wildman–Crippen LogP) is 5.51. The number of benzene rings is 3. The molecule has 0 spiro atoms. The maximum atomic E-state index is 5.97. The van der Waals surface area contributed by atoms with E-state index in [1.54, 1.807) is 0 Å². The number of fused-ring (bicyclic) bond motifs is 3. The Kier molecular flexibility index (Phi) is 5.16. The Morgan fingerprint density at radius 1 is 0.655 bits per heavy atom. The Bertz CT molecular complexity index is 1070. The van der Waals surface area contributed by atoms with Crippen LogP contribution >= 0.6 is 0 Å². The van der Waals surface area contributed by atoms with Gasteiger partial charge in [0.2, 0.25) is 0 Å². The number of nitrogen functional groups attached to an aromatic ring is 2. The number of hydrogen-bond acceptors (Lipinski definition) is 4. The standard InChI is InChI=1S/C25H20N2.2H3N/c26-20-11-7-18(8-12-20)25(19-9-13-21(27)14-10-19)15-3-6-23-22-5-2-1-4-17(22)16-24(23)25;;/h1-16H,26-27H2;2*1H3. The molecule has 0 atom stereocenters. The lowest BCUT2D eigenvalue weighted by Gasteiger charge is -2.37. The average molecular weight is 383 g/mol.